The number of carbonyl (C=O) groups is 3. The molecule has 0 spiro atoms. The van der Waals surface area contributed by atoms with E-state index in [4.69, 9.17) is 4.74 Å². The molecular weight excluding hydrogens is 396 g/mol. The lowest BCUT2D eigenvalue weighted by Gasteiger charge is -2.17. The molecule has 0 aromatic heterocycles. The Bertz CT molecular complexity index is 881. The number of nitrogens with one attached hydrogen (secondary N) is 1. The molecule has 2 amide bonds. The summed E-state index contributed by atoms with van der Waals surface area (Å²) < 4.78 is 55.1. The molecule has 0 bridgehead atoms. The van der Waals surface area contributed by atoms with Crippen LogP contribution in [0.4, 0.5) is 23.2 Å². The fourth-order valence-corrected chi connectivity index (χ4v) is 2.15. The molecule has 0 unspecified atom stereocenters. The van der Waals surface area contributed by atoms with Crippen molar-refractivity contribution in [3.63, 3.8) is 0 Å². The van der Waals surface area contributed by atoms with Gasteiger partial charge < -0.3 is 15.0 Å². The van der Waals surface area contributed by atoms with Crippen molar-refractivity contribution in [1.29, 1.82) is 0 Å². The van der Waals surface area contributed by atoms with E-state index in [9.17, 15) is 31.9 Å². The van der Waals surface area contributed by atoms with E-state index in [0.29, 0.717) is 5.69 Å². The third kappa shape index (κ3) is 6.59. The SMILES string of the molecule is CN(CC(=O)Nc1ccc(F)cc1)C(=O)COC(=O)c1ccc(C(F)(F)F)cc1. The maximum atomic E-state index is 12.8. The van der Waals surface area contributed by atoms with Crippen molar-refractivity contribution >= 4 is 23.5 Å². The van der Waals surface area contributed by atoms with Gasteiger partial charge in [-0.3, -0.25) is 9.59 Å². The first kappa shape index (κ1) is 21.9. The quantitative estimate of drug-likeness (QED) is 0.585. The van der Waals surface area contributed by atoms with Gasteiger partial charge in [0, 0.05) is 12.7 Å². The summed E-state index contributed by atoms with van der Waals surface area (Å²) in [4.78, 5) is 36.7. The Morgan fingerprint density at radius 1 is 1.00 bits per heavy atom. The maximum absolute atomic E-state index is 12.8. The average Bonchev–Trinajstić information content (AvgIpc) is 2.67. The molecule has 0 atom stereocenters. The summed E-state index contributed by atoms with van der Waals surface area (Å²) in [7, 11) is 1.30. The predicted octanol–water partition coefficient (Wildman–Crippen LogP) is 3.10. The highest BCUT2D eigenvalue weighted by molar-refractivity contribution is 5.95. The lowest BCUT2D eigenvalue weighted by atomic mass is 10.1. The van der Waals surface area contributed by atoms with Gasteiger partial charge >= 0.3 is 12.1 Å². The zero-order chi connectivity index (χ0) is 21.6. The summed E-state index contributed by atoms with van der Waals surface area (Å²) in [5.74, 6) is -2.69. The van der Waals surface area contributed by atoms with E-state index in [0.717, 1.165) is 41.3 Å². The normalized spacial score (nSPS) is 10.9. The lowest BCUT2D eigenvalue weighted by Crippen LogP contribution is -2.37. The molecule has 2 rings (SSSR count). The number of anilines is 1. The summed E-state index contributed by atoms with van der Waals surface area (Å²) in [5.41, 5.74) is -0.731. The molecule has 10 heteroatoms. The molecule has 2 aromatic carbocycles. The standard InChI is InChI=1S/C19H16F4N2O4/c1-25(10-16(26)24-15-8-6-14(20)7-9-15)17(27)11-29-18(28)12-2-4-13(5-3-12)19(21,22)23/h2-9H,10-11H2,1H3,(H,24,26). The molecule has 0 saturated heterocycles. The largest absolute Gasteiger partial charge is 0.452 e. The van der Waals surface area contributed by atoms with E-state index >= 15 is 0 Å². The van der Waals surface area contributed by atoms with E-state index < -0.39 is 41.9 Å². The number of rotatable bonds is 6. The summed E-state index contributed by atoms with van der Waals surface area (Å²) >= 11 is 0. The Morgan fingerprint density at radius 3 is 2.14 bits per heavy atom. The van der Waals surface area contributed by atoms with Crippen LogP contribution >= 0.6 is 0 Å². The van der Waals surface area contributed by atoms with Gasteiger partial charge in [0.25, 0.3) is 5.91 Å². The van der Waals surface area contributed by atoms with Crippen molar-refractivity contribution in [2.24, 2.45) is 0 Å². The molecule has 154 valence electrons. The minimum Gasteiger partial charge on any atom is -0.452 e. The number of nitrogens with zero attached hydrogens (tertiary/aromatic N) is 1. The van der Waals surface area contributed by atoms with Gasteiger partial charge in [0.1, 0.15) is 5.82 Å². The summed E-state index contributed by atoms with van der Waals surface area (Å²) in [6.45, 7) is -1.05. The van der Waals surface area contributed by atoms with E-state index in [1.165, 1.54) is 19.2 Å². The zero-order valence-corrected chi connectivity index (χ0v) is 15.1. The van der Waals surface area contributed by atoms with Crippen LogP contribution in [0.5, 0.6) is 0 Å². The van der Waals surface area contributed by atoms with E-state index in [1.807, 2.05) is 0 Å². The van der Waals surface area contributed by atoms with Crippen LogP contribution in [0.15, 0.2) is 48.5 Å². The molecule has 0 heterocycles. The van der Waals surface area contributed by atoms with Crippen LogP contribution in [0.2, 0.25) is 0 Å². The van der Waals surface area contributed by atoms with E-state index in [-0.39, 0.29) is 12.1 Å². The molecule has 6 nitrogen and oxygen atoms in total. The monoisotopic (exact) mass is 412 g/mol. The van der Waals surface area contributed by atoms with Crippen LogP contribution in [-0.4, -0.2) is 42.9 Å². The molecule has 2 aromatic rings. The van der Waals surface area contributed by atoms with Gasteiger partial charge in [0.15, 0.2) is 6.61 Å². The Kier molecular flexibility index (Phi) is 6.92. The molecule has 0 aliphatic rings. The van der Waals surface area contributed by atoms with Gasteiger partial charge in [0.05, 0.1) is 17.7 Å². The lowest BCUT2D eigenvalue weighted by molar-refractivity contribution is -0.137. The minimum absolute atomic E-state index is 0.150. The summed E-state index contributed by atoms with van der Waals surface area (Å²) in [6, 6.07) is 8.35. The van der Waals surface area contributed by atoms with Crippen molar-refractivity contribution in [3.8, 4) is 0 Å². The number of halogens is 4. The van der Waals surface area contributed by atoms with Crippen molar-refractivity contribution in [2.75, 3.05) is 25.5 Å². The summed E-state index contributed by atoms with van der Waals surface area (Å²) in [5, 5.41) is 2.46. The van der Waals surface area contributed by atoms with Gasteiger partial charge in [-0.2, -0.15) is 13.2 Å². The first-order valence-corrected chi connectivity index (χ1v) is 8.20. The van der Waals surface area contributed by atoms with Crippen LogP contribution in [0, 0.1) is 5.82 Å². The minimum atomic E-state index is -4.53. The number of carbonyl (C=O) groups excluding carboxylic acids is 3. The molecule has 0 aliphatic heterocycles. The number of hydrogen-bond donors (Lipinski definition) is 1. The highest BCUT2D eigenvalue weighted by atomic mass is 19.4. The fraction of sp³-hybridized carbons (Fsp3) is 0.211. The van der Waals surface area contributed by atoms with Crippen molar-refractivity contribution < 1.29 is 36.7 Å². The van der Waals surface area contributed by atoms with Crippen molar-refractivity contribution in [3.05, 3.63) is 65.5 Å². The highest BCUT2D eigenvalue weighted by Crippen LogP contribution is 2.29. The molecule has 0 fully saturated rings. The van der Waals surface area contributed by atoms with Crippen LogP contribution in [-0.2, 0) is 20.5 Å². The topological polar surface area (TPSA) is 75.7 Å². The van der Waals surface area contributed by atoms with E-state index in [2.05, 4.69) is 5.32 Å². The first-order valence-electron chi connectivity index (χ1n) is 8.20. The number of benzene rings is 2. The van der Waals surface area contributed by atoms with Gasteiger partial charge in [-0.15, -0.1) is 0 Å². The average molecular weight is 412 g/mol. The Hall–Kier alpha value is -3.43. The van der Waals surface area contributed by atoms with Crippen molar-refractivity contribution in [2.45, 2.75) is 6.18 Å². The van der Waals surface area contributed by atoms with Crippen LogP contribution in [0.3, 0.4) is 0 Å². The second-order valence-corrected chi connectivity index (χ2v) is 5.96. The molecule has 0 aliphatic carbocycles. The number of alkyl halides is 3. The fourth-order valence-electron chi connectivity index (χ4n) is 2.15. The molecular formula is C19H16F4N2O4. The number of likely N-dealkylation sites (N-methyl/N-ethyl adjacent to an activating group) is 1. The number of ether oxygens (including phenoxy) is 1. The zero-order valence-electron chi connectivity index (χ0n) is 15.1. The highest BCUT2D eigenvalue weighted by Gasteiger charge is 2.30. The van der Waals surface area contributed by atoms with Crippen LogP contribution in [0.1, 0.15) is 15.9 Å². The number of hydrogen-bond acceptors (Lipinski definition) is 4. The van der Waals surface area contributed by atoms with Gasteiger partial charge in [-0.05, 0) is 48.5 Å². The molecule has 0 radical (unpaired) electrons. The number of amides is 2. The smallest absolute Gasteiger partial charge is 0.416 e. The van der Waals surface area contributed by atoms with Crippen LogP contribution in [0.25, 0.3) is 0 Å². The van der Waals surface area contributed by atoms with Gasteiger partial charge in [0.2, 0.25) is 5.91 Å². The third-order valence-electron chi connectivity index (χ3n) is 3.71. The van der Waals surface area contributed by atoms with Crippen LogP contribution < -0.4 is 5.32 Å². The number of esters is 1. The summed E-state index contributed by atoms with van der Waals surface area (Å²) in [6.07, 6.45) is -4.53. The maximum Gasteiger partial charge on any atom is 0.416 e. The Balaban J connectivity index is 1.82. The first-order chi connectivity index (χ1) is 13.6. The van der Waals surface area contributed by atoms with E-state index in [1.54, 1.807) is 0 Å². The second-order valence-electron chi connectivity index (χ2n) is 5.96. The van der Waals surface area contributed by atoms with Crippen molar-refractivity contribution in [1.82, 2.24) is 4.90 Å². The molecule has 29 heavy (non-hydrogen) atoms. The predicted molar refractivity (Wildman–Crippen MR) is 94.4 cm³/mol. The molecule has 0 saturated carbocycles. The Morgan fingerprint density at radius 2 is 1.59 bits per heavy atom. The molecule has 1 N–H and O–H groups in total. The van der Waals surface area contributed by atoms with Gasteiger partial charge in [-0.1, -0.05) is 0 Å². The second kappa shape index (κ2) is 9.18. The third-order valence-corrected chi connectivity index (χ3v) is 3.71. The Labute approximate surface area is 163 Å². The van der Waals surface area contributed by atoms with Gasteiger partial charge in [-0.25, -0.2) is 9.18 Å².